The van der Waals surface area contributed by atoms with Gasteiger partial charge in [0.2, 0.25) is 35.8 Å². The van der Waals surface area contributed by atoms with Gasteiger partial charge in [-0.25, -0.2) is 0 Å². The number of phenolic OH excluding ortho intramolecular Hbond substituents is 1. The number of carbonyl (C=O) groups excluding carboxylic acids is 6. The lowest BCUT2D eigenvalue weighted by molar-refractivity contribution is -0.133. The lowest BCUT2D eigenvalue weighted by Gasteiger charge is -2.25. The third-order valence-corrected chi connectivity index (χ3v) is 7.62. The fraction of sp³-hybridized carbons (Fsp3) is 0.517. The Balaban J connectivity index is 2.98. The highest BCUT2D eigenvalue weighted by molar-refractivity contribution is 7.80. The van der Waals surface area contributed by atoms with Crippen LogP contribution in [-0.2, 0) is 35.2 Å². The van der Waals surface area contributed by atoms with Crippen LogP contribution in [0.25, 0.3) is 0 Å². The second-order valence-corrected chi connectivity index (χ2v) is 11.7. The maximum absolute atomic E-state index is 13.4. The average molecular weight is 740 g/mol. The molecule has 19 nitrogen and oxygen atoms in total. The number of rotatable bonds is 23. The summed E-state index contributed by atoms with van der Waals surface area (Å²) in [7, 11) is 0. The second kappa shape index (κ2) is 23.6. The maximum Gasteiger partial charge on any atom is 0.244 e. The van der Waals surface area contributed by atoms with Crippen LogP contribution in [0.4, 0.5) is 0 Å². The molecule has 50 heavy (non-hydrogen) atoms. The Morgan fingerprint density at radius 3 is 1.82 bits per heavy atom. The molecule has 277 valence electrons. The number of benzene rings is 1. The summed E-state index contributed by atoms with van der Waals surface area (Å²) in [5, 5.41) is 41.6. The molecule has 5 amide bonds. The van der Waals surface area contributed by atoms with Crippen molar-refractivity contribution >= 4 is 73.0 Å². The molecule has 0 heterocycles. The van der Waals surface area contributed by atoms with Gasteiger partial charge >= 0.3 is 0 Å². The molecule has 1 aromatic rings. The summed E-state index contributed by atoms with van der Waals surface area (Å²) >= 11 is 8.20. The van der Waals surface area contributed by atoms with Crippen molar-refractivity contribution in [2.24, 2.45) is 17.2 Å². The molecule has 1 aromatic carbocycles. The molecule has 1 rings (SSSR count). The Labute approximate surface area is 300 Å². The molecule has 0 saturated heterocycles. The molecule has 0 aliphatic heterocycles. The maximum atomic E-state index is 13.4. The second-order valence-electron chi connectivity index (χ2n) is 10.9. The predicted molar refractivity (Wildman–Crippen MR) is 192 cm³/mol. The van der Waals surface area contributed by atoms with Gasteiger partial charge in [0.15, 0.2) is 11.9 Å². The van der Waals surface area contributed by atoms with Crippen molar-refractivity contribution in [3.63, 3.8) is 0 Å². The summed E-state index contributed by atoms with van der Waals surface area (Å²) in [6.07, 6.45) is 2.55. The van der Waals surface area contributed by atoms with E-state index in [0.29, 0.717) is 18.5 Å². The molecule has 0 unspecified atom stereocenters. The van der Waals surface area contributed by atoms with Crippen LogP contribution in [-0.4, -0.2) is 114 Å². The van der Waals surface area contributed by atoms with Crippen LogP contribution in [0.3, 0.4) is 0 Å². The summed E-state index contributed by atoms with van der Waals surface area (Å²) in [5.74, 6) is -4.41. The Kier molecular flexibility index (Phi) is 20.4. The fourth-order valence-electron chi connectivity index (χ4n) is 4.20. The van der Waals surface area contributed by atoms with Crippen LogP contribution >= 0.6 is 25.3 Å². The van der Waals surface area contributed by atoms with Crippen LogP contribution in [0.5, 0.6) is 5.75 Å². The number of amides is 5. The Morgan fingerprint density at radius 1 is 0.740 bits per heavy atom. The minimum absolute atomic E-state index is 0.00196. The third kappa shape index (κ3) is 17.6. The highest BCUT2D eigenvalue weighted by atomic mass is 32.1. The number of nitrogens with two attached hydrogens (primary N) is 3. The summed E-state index contributed by atoms with van der Waals surface area (Å²) in [6, 6.07) is 0.248. The minimum atomic E-state index is -1.28. The smallest absolute Gasteiger partial charge is 0.244 e. The van der Waals surface area contributed by atoms with Crippen molar-refractivity contribution in [3.8, 4) is 5.75 Å². The number of aromatic hydroxyl groups is 1. The first-order chi connectivity index (χ1) is 23.7. The monoisotopic (exact) mass is 739 g/mol. The zero-order valence-electron chi connectivity index (χ0n) is 27.3. The van der Waals surface area contributed by atoms with E-state index in [4.69, 9.17) is 28.0 Å². The highest BCUT2D eigenvalue weighted by Gasteiger charge is 2.30. The van der Waals surface area contributed by atoms with E-state index < -0.39 is 66.3 Å². The van der Waals surface area contributed by atoms with Gasteiger partial charge in [0.05, 0.1) is 18.6 Å². The number of hydrogen-bond donors (Lipinski definition) is 15. The molecule has 0 spiro atoms. The lowest BCUT2D eigenvalue weighted by atomic mass is 10.0. The molecule has 0 aromatic heterocycles. The number of hydrogen-bond acceptors (Lipinski definition) is 12. The van der Waals surface area contributed by atoms with E-state index in [9.17, 15) is 33.9 Å². The zero-order valence-corrected chi connectivity index (χ0v) is 29.1. The summed E-state index contributed by atoms with van der Waals surface area (Å²) in [4.78, 5) is 76.1. The normalized spacial score (nSPS) is 13.6. The topological polar surface area (TPSA) is 333 Å². The van der Waals surface area contributed by atoms with Gasteiger partial charge in [0.25, 0.3) is 0 Å². The van der Waals surface area contributed by atoms with E-state index in [1.165, 1.54) is 12.1 Å². The van der Waals surface area contributed by atoms with Crippen molar-refractivity contribution in [2.75, 3.05) is 31.1 Å². The van der Waals surface area contributed by atoms with Crippen molar-refractivity contribution in [3.05, 3.63) is 29.8 Å². The van der Waals surface area contributed by atoms with Gasteiger partial charge in [-0.15, -0.1) is 0 Å². The molecule has 0 aliphatic carbocycles. The van der Waals surface area contributed by atoms with E-state index in [0.717, 1.165) is 0 Å². The molecule has 1 radical (unpaired) electrons. The molecule has 16 N–H and O–H groups in total. The predicted octanol–water partition coefficient (Wildman–Crippen LogP) is -4.19. The first-order valence-corrected chi connectivity index (χ1v) is 16.7. The number of thiol groups is 2. The fourth-order valence-corrected chi connectivity index (χ4v) is 4.62. The summed E-state index contributed by atoms with van der Waals surface area (Å²) < 4.78 is 0. The van der Waals surface area contributed by atoms with E-state index >= 15 is 0 Å². The number of guanidine groups is 2. The number of phenols is 1. The Bertz CT molecular complexity index is 1320. The SMILES string of the molecule is N=C(N)NCCC[C@@H]([C]=O)NC(=O)CNC(=O)[C@H](CCCNC(=N)N)NC(=O)[C@H](CS)NC(=O)[C@H](Cc1ccc(O)cc1)NC(=O)[C@@H](N)CS. The third-order valence-electron chi connectivity index (χ3n) is 6.86. The first kappa shape index (κ1) is 43.3. The van der Waals surface area contributed by atoms with E-state index in [1.807, 2.05) is 0 Å². The van der Waals surface area contributed by atoms with Crippen LogP contribution in [0.1, 0.15) is 31.2 Å². The van der Waals surface area contributed by atoms with Crippen molar-refractivity contribution in [2.45, 2.75) is 62.3 Å². The molecule has 0 aliphatic rings. The van der Waals surface area contributed by atoms with Gasteiger partial charge in [-0.3, -0.25) is 39.6 Å². The zero-order chi connectivity index (χ0) is 37.6. The summed E-state index contributed by atoms with van der Waals surface area (Å²) in [5.41, 5.74) is 16.9. The Hall–Kier alpha value is -4.76. The van der Waals surface area contributed by atoms with Crippen LogP contribution < -0.4 is 54.4 Å². The van der Waals surface area contributed by atoms with Crippen LogP contribution in [0.2, 0.25) is 0 Å². The Morgan fingerprint density at radius 2 is 1.28 bits per heavy atom. The van der Waals surface area contributed by atoms with Gasteiger partial charge in [0, 0.05) is 31.0 Å². The standard InChI is InChI=1S/C29H47N12O7S2/c30-19(14-49)24(45)40-21(11-16-5-7-18(43)8-6-16)26(47)41-22(15-50)27(48)39-20(4-2-10-36-29(33)34)25(46)37-12-23(44)38-17(13-42)3-1-9-35-28(31)32/h5-8,17,19-22,43,49-50H,1-4,9-12,14-15,30H2,(H,37,46)(H,38,44)(H,39,48)(H,40,45)(H,41,47)(H4,31,32,35)(H4,33,34,36)/t17-,19-,20-,21-,22-/m0/s1. The molecule has 0 bridgehead atoms. The molecule has 5 atom stereocenters. The lowest BCUT2D eigenvalue weighted by Crippen LogP contribution is -2.59. The van der Waals surface area contributed by atoms with Crippen molar-refractivity contribution in [1.29, 1.82) is 10.8 Å². The highest BCUT2D eigenvalue weighted by Crippen LogP contribution is 2.12. The van der Waals surface area contributed by atoms with E-state index in [1.54, 1.807) is 18.4 Å². The van der Waals surface area contributed by atoms with Gasteiger partial charge < -0.3 is 59.5 Å². The van der Waals surface area contributed by atoms with Crippen LogP contribution in [0.15, 0.2) is 24.3 Å². The molecular formula is C29H47N12O7S2. The van der Waals surface area contributed by atoms with Gasteiger partial charge in [-0.05, 0) is 43.4 Å². The minimum Gasteiger partial charge on any atom is -0.508 e. The number of nitrogens with one attached hydrogen (secondary N) is 9. The van der Waals surface area contributed by atoms with Gasteiger partial charge in [-0.2, -0.15) is 25.3 Å². The largest absolute Gasteiger partial charge is 0.508 e. The van der Waals surface area contributed by atoms with E-state index in [2.05, 4.69) is 62.5 Å². The molecule has 21 heteroatoms. The number of carbonyl (C=O) groups is 5. The van der Waals surface area contributed by atoms with Gasteiger partial charge in [-0.1, -0.05) is 12.1 Å². The van der Waals surface area contributed by atoms with Crippen molar-refractivity contribution < 1.29 is 33.9 Å². The van der Waals surface area contributed by atoms with Crippen molar-refractivity contribution in [1.82, 2.24) is 37.2 Å². The van der Waals surface area contributed by atoms with Gasteiger partial charge in [0.1, 0.15) is 23.9 Å². The first-order valence-electron chi connectivity index (χ1n) is 15.5. The molecular weight excluding hydrogens is 693 g/mol. The molecule has 0 saturated carbocycles. The quantitative estimate of drug-likeness (QED) is 0.0220. The summed E-state index contributed by atoms with van der Waals surface area (Å²) in [6.45, 7) is -0.0587. The van der Waals surface area contributed by atoms with E-state index in [-0.39, 0.29) is 61.4 Å². The van der Waals surface area contributed by atoms with Crippen LogP contribution in [0, 0.1) is 10.8 Å². The average Bonchev–Trinajstić information content (AvgIpc) is 3.08. The molecule has 0 fully saturated rings.